The Kier molecular flexibility index (Phi) is 4.43. The third-order valence-corrected chi connectivity index (χ3v) is 4.96. The van der Waals surface area contributed by atoms with E-state index in [1.54, 1.807) is 0 Å². The standard InChI is InChI=1S/C17H25ClN2O/c1-20(12-17(21)8-2-3-9-17)16-7-4-13(10-15(16)18)11-19-14-5-6-14/h4,7,10,14,19,21H,2-3,5-6,8-9,11-12H2,1H3. The van der Waals surface area contributed by atoms with Gasteiger partial charge in [-0.1, -0.05) is 30.5 Å². The van der Waals surface area contributed by atoms with Crippen LogP contribution in [0, 0.1) is 0 Å². The number of nitrogens with zero attached hydrogens (tertiary/aromatic N) is 1. The fraction of sp³-hybridized carbons (Fsp3) is 0.647. The van der Waals surface area contributed by atoms with Crippen LogP contribution in [0.4, 0.5) is 5.69 Å². The van der Waals surface area contributed by atoms with Crippen LogP contribution >= 0.6 is 11.6 Å². The van der Waals surface area contributed by atoms with E-state index in [9.17, 15) is 5.11 Å². The van der Waals surface area contributed by atoms with Gasteiger partial charge in [0.05, 0.1) is 16.3 Å². The molecule has 0 heterocycles. The molecule has 0 saturated heterocycles. The van der Waals surface area contributed by atoms with Crippen molar-refractivity contribution in [2.24, 2.45) is 0 Å². The van der Waals surface area contributed by atoms with E-state index in [4.69, 9.17) is 11.6 Å². The highest BCUT2D eigenvalue weighted by molar-refractivity contribution is 6.33. The minimum absolute atomic E-state index is 0.537. The minimum Gasteiger partial charge on any atom is -0.388 e. The molecule has 0 unspecified atom stereocenters. The zero-order valence-electron chi connectivity index (χ0n) is 12.7. The van der Waals surface area contributed by atoms with Gasteiger partial charge in [0, 0.05) is 26.2 Å². The van der Waals surface area contributed by atoms with E-state index in [0.717, 1.165) is 42.9 Å². The molecule has 2 saturated carbocycles. The van der Waals surface area contributed by atoms with Crippen LogP contribution in [0.2, 0.25) is 5.02 Å². The number of rotatable bonds is 6. The van der Waals surface area contributed by atoms with Crippen LogP contribution in [-0.4, -0.2) is 30.3 Å². The third kappa shape index (κ3) is 3.91. The largest absolute Gasteiger partial charge is 0.388 e. The van der Waals surface area contributed by atoms with Crippen LogP contribution in [-0.2, 0) is 6.54 Å². The molecule has 4 heteroatoms. The zero-order valence-corrected chi connectivity index (χ0v) is 13.5. The van der Waals surface area contributed by atoms with Gasteiger partial charge >= 0.3 is 0 Å². The summed E-state index contributed by atoms with van der Waals surface area (Å²) in [6.07, 6.45) is 6.66. The predicted octanol–water partition coefficient (Wildman–Crippen LogP) is 3.33. The SMILES string of the molecule is CN(CC1(O)CCCC1)c1ccc(CNC2CC2)cc1Cl. The molecule has 3 nitrogen and oxygen atoms in total. The molecule has 1 aromatic carbocycles. The Bertz CT molecular complexity index is 496. The van der Waals surface area contributed by atoms with Gasteiger partial charge in [0.1, 0.15) is 0 Å². The number of hydrogen-bond acceptors (Lipinski definition) is 3. The Morgan fingerprint density at radius 3 is 2.67 bits per heavy atom. The molecular formula is C17H25ClN2O. The maximum Gasteiger partial charge on any atom is 0.0821 e. The topological polar surface area (TPSA) is 35.5 Å². The number of anilines is 1. The molecule has 2 aliphatic rings. The third-order valence-electron chi connectivity index (χ3n) is 4.66. The highest BCUT2D eigenvalue weighted by Crippen LogP contribution is 2.33. The average molecular weight is 309 g/mol. The van der Waals surface area contributed by atoms with Gasteiger partial charge in [-0.3, -0.25) is 0 Å². The van der Waals surface area contributed by atoms with Gasteiger partial charge in [-0.25, -0.2) is 0 Å². The Balaban J connectivity index is 1.63. The quantitative estimate of drug-likeness (QED) is 0.846. The molecule has 116 valence electrons. The summed E-state index contributed by atoms with van der Waals surface area (Å²) in [5.74, 6) is 0. The summed E-state index contributed by atoms with van der Waals surface area (Å²) in [4.78, 5) is 2.09. The van der Waals surface area contributed by atoms with Crippen LogP contribution in [0.3, 0.4) is 0 Å². The molecule has 0 spiro atoms. The fourth-order valence-electron chi connectivity index (χ4n) is 3.24. The molecule has 0 radical (unpaired) electrons. The monoisotopic (exact) mass is 308 g/mol. The molecule has 2 fully saturated rings. The van der Waals surface area contributed by atoms with E-state index < -0.39 is 5.60 Å². The van der Waals surface area contributed by atoms with E-state index in [1.807, 2.05) is 13.1 Å². The first-order valence-electron chi connectivity index (χ1n) is 8.01. The van der Waals surface area contributed by atoms with Crippen molar-refractivity contribution in [1.29, 1.82) is 0 Å². The number of benzene rings is 1. The van der Waals surface area contributed by atoms with Crippen molar-refractivity contribution in [1.82, 2.24) is 5.32 Å². The van der Waals surface area contributed by atoms with Crippen molar-refractivity contribution in [2.45, 2.75) is 56.7 Å². The molecule has 0 bridgehead atoms. The second-order valence-corrected chi connectivity index (χ2v) is 7.14. The smallest absolute Gasteiger partial charge is 0.0821 e. The highest BCUT2D eigenvalue weighted by atomic mass is 35.5. The molecule has 2 N–H and O–H groups in total. The average Bonchev–Trinajstić information content (AvgIpc) is 3.18. The summed E-state index contributed by atoms with van der Waals surface area (Å²) >= 11 is 6.43. The maximum absolute atomic E-state index is 10.5. The fourth-order valence-corrected chi connectivity index (χ4v) is 3.58. The van der Waals surface area contributed by atoms with Gasteiger partial charge in [0.25, 0.3) is 0 Å². The minimum atomic E-state index is -0.537. The van der Waals surface area contributed by atoms with Gasteiger partial charge in [0.15, 0.2) is 0 Å². The zero-order chi connectivity index (χ0) is 14.9. The van der Waals surface area contributed by atoms with Crippen molar-refractivity contribution < 1.29 is 5.11 Å². The number of nitrogens with one attached hydrogen (secondary N) is 1. The van der Waals surface area contributed by atoms with E-state index in [-0.39, 0.29) is 0 Å². The number of aliphatic hydroxyl groups is 1. The second kappa shape index (κ2) is 6.15. The molecule has 21 heavy (non-hydrogen) atoms. The molecule has 3 rings (SSSR count). The molecule has 2 aliphatic carbocycles. The van der Waals surface area contributed by atoms with Crippen molar-refractivity contribution in [3.63, 3.8) is 0 Å². The molecule has 0 atom stereocenters. The summed E-state index contributed by atoms with van der Waals surface area (Å²) in [5, 5.41) is 14.8. The van der Waals surface area contributed by atoms with E-state index >= 15 is 0 Å². The predicted molar refractivity (Wildman–Crippen MR) is 88.0 cm³/mol. The second-order valence-electron chi connectivity index (χ2n) is 6.73. The maximum atomic E-state index is 10.5. The first-order chi connectivity index (χ1) is 10.1. The Labute approximate surface area is 132 Å². The van der Waals surface area contributed by atoms with E-state index in [2.05, 4.69) is 22.3 Å². The number of hydrogen-bond donors (Lipinski definition) is 2. The first kappa shape index (κ1) is 15.1. The van der Waals surface area contributed by atoms with Crippen LogP contribution in [0.1, 0.15) is 44.1 Å². The highest BCUT2D eigenvalue weighted by Gasteiger charge is 2.32. The summed E-state index contributed by atoms with van der Waals surface area (Å²) < 4.78 is 0. The normalized spacial score (nSPS) is 20.7. The van der Waals surface area contributed by atoms with E-state index in [1.165, 1.54) is 18.4 Å². The van der Waals surface area contributed by atoms with Gasteiger partial charge < -0.3 is 15.3 Å². The summed E-state index contributed by atoms with van der Waals surface area (Å²) in [6.45, 7) is 1.55. The first-order valence-corrected chi connectivity index (χ1v) is 8.39. The number of likely N-dealkylation sites (N-methyl/N-ethyl adjacent to an activating group) is 1. The van der Waals surface area contributed by atoms with Crippen molar-refractivity contribution in [2.75, 3.05) is 18.5 Å². The lowest BCUT2D eigenvalue weighted by Gasteiger charge is -2.30. The van der Waals surface area contributed by atoms with Crippen LogP contribution in [0.25, 0.3) is 0 Å². The van der Waals surface area contributed by atoms with E-state index in [0.29, 0.717) is 12.6 Å². The van der Waals surface area contributed by atoms with Crippen LogP contribution in [0.15, 0.2) is 18.2 Å². The summed E-state index contributed by atoms with van der Waals surface area (Å²) in [6, 6.07) is 6.96. The van der Waals surface area contributed by atoms with Gasteiger partial charge in [-0.15, -0.1) is 0 Å². The van der Waals surface area contributed by atoms with Gasteiger partial charge in [0.2, 0.25) is 0 Å². The Morgan fingerprint density at radius 1 is 1.33 bits per heavy atom. The van der Waals surface area contributed by atoms with Crippen molar-refractivity contribution in [3.05, 3.63) is 28.8 Å². The summed E-state index contributed by atoms with van der Waals surface area (Å²) in [5.41, 5.74) is 1.69. The number of halogens is 1. The van der Waals surface area contributed by atoms with Crippen molar-refractivity contribution >= 4 is 17.3 Å². The lowest BCUT2D eigenvalue weighted by molar-refractivity contribution is 0.0559. The van der Waals surface area contributed by atoms with Gasteiger partial charge in [-0.05, 0) is 43.4 Å². The summed E-state index contributed by atoms with van der Waals surface area (Å²) in [7, 11) is 2.01. The van der Waals surface area contributed by atoms with Crippen molar-refractivity contribution in [3.8, 4) is 0 Å². The Hall–Kier alpha value is -0.770. The van der Waals surface area contributed by atoms with Crippen LogP contribution in [0.5, 0.6) is 0 Å². The van der Waals surface area contributed by atoms with Gasteiger partial charge in [-0.2, -0.15) is 0 Å². The Morgan fingerprint density at radius 2 is 2.05 bits per heavy atom. The lowest BCUT2D eigenvalue weighted by atomic mass is 10.0. The lowest BCUT2D eigenvalue weighted by Crippen LogP contribution is -2.39. The molecular weight excluding hydrogens is 284 g/mol. The molecule has 0 aromatic heterocycles. The molecule has 0 aliphatic heterocycles. The molecule has 0 amide bonds. The van der Waals surface area contributed by atoms with Crippen LogP contribution < -0.4 is 10.2 Å². The molecule has 1 aromatic rings.